The van der Waals surface area contributed by atoms with Crippen LogP contribution in [0, 0.1) is 11.8 Å². The predicted molar refractivity (Wildman–Crippen MR) is 69.8 cm³/mol. The molecule has 0 bridgehead atoms. The first kappa shape index (κ1) is 14.5. The predicted octanol–water partition coefficient (Wildman–Crippen LogP) is 2.74. The van der Waals surface area contributed by atoms with Gasteiger partial charge in [-0.3, -0.25) is 4.79 Å². The third kappa shape index (κ3) is 5.53. The SMILES string of the molecule is CC1CCC(OC(=O)CNC(C)(C)C)CC1C. The molecule has 0 amide bonds. The van der Waals surface area contributed by atoms with Crippen molar-refractivity contribution in [2.75, 3.05) is 6.54 Å². The van der Waals surface area contributed by atoms with E-state index in [1.54, 1.807) is 0 Å². The van der Waals surface area contributed by atoms with Crippen molar-refractivity contribution in [1.82, 2.24) is 5.32 Å². The highest BCUT2D eigenvalue weighted by Gasteiger charge is 2.27. The molecule has 0 aliphatic heterocycles. The zero-order valence-corrected chi connectivity index (χ0v) is 11.9. The van der Waals surface area contributed by atoms with Gasteiger partial charge in [-0.1, -0.05) is 13.8 Å². The zero-order chi connectivity index (χ0) is 13.1. The Balaban J connectivity index is 2.27. The molecule has 1 rings (SSSR count). The lowest BCUT2D eigenvalue weighted by molar-refractivity contribution is -0.151. The Morgan fingerprint density at radius 3 is 2.41 bits per heavy atom. The fourth-order valence-electron chi connectivity index (χ4n) is 2.17. The van der Waals surface area contributed by atoms with Crippen LogP contribution in [0.5, 0.6) is 0 Å². The molecule has 0 aromatic carbocycles. The molecular formula is C14H27NO2. The van der Waals surface area contributed by atoms with Crippen LogP contribution >= 0.6 is 0 Å². The smallest absolute Gasteiger partial charge is 0.320 e. The summed E-state index contributed by atoms with van der Waals surface area (Å²) in [6, 6.07) is 0. The average molecular weight is 241 g/mol. The Labute approximate surface area is 105 Å². The Hall–Kier alpha value is -0.570. The van der Waals surface area contributed by atoms with E-state index in [-0.39, 0.29) is 17.6 Å². The van der Waals surface area contributed by atoms with Crippen LogP contribution in [0.25, 0.3) is 0 Å². The topological polar surface area (TPSA) is 38.3 Å². The third-order valence-electron chi connectivity index (χ3n) is 3.61. The number of ether oxygens (including phenoxy) is 1. The van der Waals surface area contributed by atoms with E-state index in [0.29, 0.717) is 12.5 Å². The van der Waals surface area contributed by atoms with E-state index in [1.165, 1.54) is 6.42 Å². The van der Waals surface area contributed by atoms with Crippen molar-refractivity contribution in [3.05, 3.63) is 0 Å². The molecule has 100 valence electrons. The summed E-state index contributed by atoms with van der Waals surface area (Å²) in [5.74, 6) is 1.31. The zero-order valence-electron chi connectivity index (χ0n) is 11.9. The van der Waals surface area contributed by atoms with E-state index in [9.17, 15) is 4.79 Å². The van der Waals surface area contributed by atoms with Crippen molar-refractivity contribution < 1.29 is 9.53 Å². The van der Waals surface area contributed by atoms with Crippen LogP contribution in [0.3, 0.4) is 0 Å². The molecular weight excluding hydrogens is 214 g/mol. The molecule has 17 heavy (non-hydrogen) atoms. The van der Waals surface area contributed by atoms with Crippen LogP contribution in [0.2, 0.25) is 0 Å². The molecule has 3 unspecified atom stereocenters. The molecule has 3 atom stereocenters. The Bertz CT molecular complexity index is 257. The molecule has 0 aromatic heterocycles. The summed E-state index contributed by atoms with van der Waals surface area (Å²) in [5.41, 5.74) is -0.0343. The minimum atomic E-state index is -0.119. The van der Waals surface area contributed by atoms with Crippen molar-refractivity contribution in [2.45, 2.75) is 65.5 Å². The minimum Gasteiger partial charge on any atom is -0.461 e. The minimum absolute atomic E-state index is 0.0343. The van der Waals surface area contributed by atoms with Gasteiger partial charge in [0.15, 0.2) is 0 Å². The first-order valence-electron chi connectivity index (χ1n) is 6.72. The Morgan fingerprint density at radius 2 is 1.88 bits per heavy atom. The molecule has 0 radical (unpaired) electrons. The van der Waals surface area contributed by atoms with Crippen molar-refractivity contribution >= 4 is 5.97 Å². The van der Waals surface area contributed by atoms with Gasteiger partial charge in [0.2, 0.25) is 0 Å². The Morgan fingerprint density at radius 1 is 1.24 bits per heavy atom. The number of rotatable bonds is 3. The fraction of sp³-hybridized carbons (Fsp3) is 0.929. The van der Waals surface area contributed by atoms with Crippen molar-refractivity contribution in [3.8, 4) is 0 Å². The standard InChI is InChI=1S/C14H27NO2/c1-10-6-7-12(8-11(10)2)17-13(16)9-15-14(3,4)5/h10-12,15H,6-9H2,1-5H3. The van der Waals surface area contributed by atoms with Gasteiger partial charge in [0.1, 0.15) is 6.10 Å². The van der Waals surface area contributed by atoms with E-state index < -0.39 is 0 Å². The van der Waals surface area contributed by atoms with Gasteiger partial charge in [-0.05, 0) is 51.9 Å². The summed E-state index contributed by atoms with van der Waals surface area (Å²) < 4.78 is 5.50. The molecule has 1 saturated carbocycles. The third-order valence-corrected chi connectivity index (χ3v) is 3.61. The molecule has 0 heterocycles. The molecule has 0 aromatic rings. The Kier molecular flexibility index (Phi) is 4.99. The summed E-state index contributed by atoms with van der Waals surface area (Å²) in [6.45, 7) is 11.0. The quantitative estimate of drug-likeness (QED) is 0.772. The number of nitrogens with one attached hydrogen (secondary N) is 1. The first-order chi connectivity index (χ1) is 7.78. The van der Waals surface area contributed by atoms with Crippen LogP contribution in [-0.2, 0) is 9.53 Å². The molecule has 1 N–H and O–H groups in total. The normalized spacial score (nSPS) is 30.1. The highest BCUT2D eigenvalue weighted by Crippen LogP contribution is 2.30. The lowest BCUT2D eigenvalue weighted by atomic mass is 9.80. The molecule has 0 saturated heterocycles. The van der Waals surface area contributed by atoms with Gasteiger partial charge < -0.3 is 10.1 Å². The highest BCUT2D eigenvalue weighted by atomic mass is 16.5. The molecule has 1 aliphatic rings. The maximum absolute atomic E-state index is 11.7. The molecule has 0 spiro atoms. The summed E-state index contributed by atoms with van der Waals surface area (Å²) in [5, 5.41) is 3.16. The average Bonchev–Trinajstić information content (AvgIpc) is 2.20. The van der Waals surface area contributed by atoms with E-state index in [4.69, 9.17) is 4.74 Å². The maximum Gasteiger partial charge on any atom is 0.320 e. The fourth-order valence-corrected chi connectivity index (χ4v) is 2.17. The lowest BCUT2D eigenvalue weighted by Gasteiger charge is -2.32. The van der Waals surface area contributed by atoms with E-state index in [2.05, 4.69) is 19.2 Å². The van der Waals surface area contributed by atoms with Crippen molar-refractivity contribution in [2.24, 2.45) is 11.8 Å². The van der Waals surface area contributed by atoms with Gasteiger partial charge in [-0.25, -0.2) is 0 Å². The molecule has 3 heteroatoms. The van der Waals surface area contributed by atoms with Crippen molar-refractivity contribution in [1.29, 1.82) is 0 Å². The largest absolute Gasteiger partial charge is 0.461 e. The van der Waals surface area contributed by atoms with Gasteiger partial charge in [0.25, 0.3) is 0 Å². The van der Waals surface area contributed by atoms with Crippen LogP contribution < -0.4 is 5.32 Å². The van der Waals surface area contributed by atoms with E-state index in [0.717, 1.165) is 18.8 Å². The van der Waals surface area contributed by atoms with Crippen LogP contribution in [0.1, 0.15) is 53.9 Å². The summed E-state index contributed by atoms with van der Waals surface area (Å²) in [7, 11) is 0. The number of carbonyl (C=O) groups excluding carboxylic acids is 1. The number of carbonyl (C=O) groups is 1. The van der Waals surface area contributed by atoms with Crippen LogP contribution in [0.4, 0.5) is 0 Å². The monoisotopic (exact) mass is 241 g/mol. The first-order valence-corrected chi connectivity index (χ1v) is 6.72. The molecule has 1 fully saturated rings. The highest BCUT2D eigenvalue weighted by molar-refractivity contribution is 5.71. The summed E-state index contributed by atoms with van der Waals surface area (Å²) >= 11 is 0. The maximum atomic E-state index is 11.7. The number of hydrogen-bond acceptors (Lipinski definition) is 3. The number of hydrogen-bond donors (Lipinski definition) is 1. The van der Waals surface area contributed by atoms with Crippen LogP contribution in [-0.4, -0.2) is 24.2 Å². The summed E-state index contributed by atoms with van der Waals surface area (Å²) in [4.78, 5) is 11.7. The molecule has 1 aliphatic carbocycles. The van der Waals surface area contributed by atoms with E-state index >= 15 is 0 Å². The second kappa shape index (κ2) is 5.85. The van der Waals surface area contributed by atoms with Gasteiger partial charge in [0, 0.05) is 5.54 Å². The van der Waals surface area contributed by atoms with Gasteiger partial charge in [0.05, 0.1) is 6.54 Å². The van der Waals surface area contributed by atoms with Crippen LogP contribution in [0.15, 0.2) is 0 Å². The van der Waals surface area contributed by atoms with Crippen molar-refractivity contribution in [3.63, 3.8) is 0 Å². The van der Waals surface area contributed by atoms with Gasteiger partial charge >= 0.3 is 5.97 Å². The lowest BCUT2D eigenvalue weighted by Crippen LogP contribution is -2.41. The second-order valence-corrected chi connectivity index (χ2v) is 6.48. The number of esters is 1. The van der Waals surface area contributed by atoms with Gasteiger partial charge in [-0.15, -0.1) is 0 Å². The summed E-state index contributed by atoms with van der Waals surface area (Å²) in [6.07, 6.45) is 3.34. The van der Waals surface area contributed by atoms with Gasteiger partial charge in [-0.2, -0.15) is 0 Å². The molecule has 3 nitrogen and oxygen atoms in total. The second-order valence-electron chi connectivity index (χ2n) is 6.48. The van der Waals surface area contributed by atoms with E-state index in [1.807, 2.05) is 20.8 Å².